The van der Waals surface area contributed by atoms with E-state index in [9.17, 15) is 4.79 Å². The summed E-state index contributed by atoms with van der Waals surface area (Å²) >= 11 is 0. The van der Waals surface area contributed by atoms with E-state index in [0.29, 0.717) is 0 Å². The molecule has 1 aliphatic heterocycles. The van der Waals surface area contributed by atoms with Crippen LogP contribution in [0.25, 0.3) is 0 Å². The van der Waals surface area contributed by atoms with E-state index in [-0.39, 0.29) is 24.5 Å². The quantitative estimate of drug-likeness (QED) is 0.806. The third-order valence-corrected chi connectivity index (χ3v) is 2.79. The zero-order valence-corrected chi connectivity index (χ0v) is 10.7. The number of hydrogen-bond acceptors (Lipinski definition) is 2. The molecule has 0 radical (unpaired) electrons. The number of anilines is 1. The van der Waals surface area contributed by atoms with Crippen LogP contribution in [0.4, 0.5) is 10.5 Å². The lowest BCUT2D eigenvalue weighted by Crippen LogP contribution is -2.53. The van der Waals surface area contributed by atoms with E-state index in [1.807, 2.05) is 35.2 Å². The van der Waals surface area contributed by atoms with Gasteiger partial charge in [0.2, 0.25) is 0 Å². The van der Waals surface area contributed by atoms with Crippen LogP contribution in [-0.4, -0.2) is 36.6 Å². The summed E-state index contributed by atoms with van der Waals surface area (Å²) in [5.74, 6) is 0. The first-order chi connectivity index (χ1) is 7.77. The lowest BCUT2D eigenvalue weighted by Gasteiger charge is -2.33. The minimum absolute atomic E-state index is 0. The van der Waals surface area contributed by atoms with Gasteiger partial charge >= 0.3 is 6.03 Å². The molecule has 4 nitrogen and oxygen atoms in total. The van der Waals surface area contributed by atoms with Gasteiger partial charge in [0.25, 0.3) is 0 Å². The summed E-state index contributed by atoms with van der Waals surface area (Å²) in [7, 11) is 0. The molecule has 1 heterocycles. The third-order valence-electron chi connectivity index (χ3n) is 2.79. The highest BCUT2D eigenvalue weighted by molar-refractivity contribution is 5.89. The van der Waals surface area contributed by atoms with E-state index in [2.05, 4.69) is 17.6 Å². The molecule has 1 fully saturated rings. The summed E-state index contributed by atoms with van der Waals surface area (Å²) in [5, 5.41) is 6.16. The van der Waals surface area contributed by atoms with Crippen molar-refractivity contribution >= 4 is 24.1 Å². The number of hydrogen-bond donors (Lipinski definition) is 2. The summed E-state index contributed by atoms with van der Waals surface area (Å²) < 4.78 is 0. The number of piperazine rings is 1. The number of nitrogens with one attached hydrogen (secondary N) is 2. The molecule has 1 atom stereocenters. The summed E-state index contributed by atoms with van der Waals surface area (Å²) in [4.78, 5) is 13.8. The molecule has 17 heavy (non-hydrogen) atoms. The normalized spacial score (nSPS) is 19.4. The summed E-state index contributed by atoms with van der Waals surface area (Å²) in [6, 6.07) is 9.78. The van der Waals surface area contributed by atoms with Crippen molar-refractivity contribution in [3.05, 3.63) is 30.3 Å². The first-order valence-electron chi connectivity index (χ1n) is 5.61. The molecule has 0 bridgehead atoms. The molecule has 2 N–H and O–H groups in total. The molecule has 2 rings (SSSR count). The van der Waals surface area contributed by atoms with Gasteiger partial charge in [-0.15, -0.1) is 12.4 Å². The number of nitrogens with zero attached hydrogens (tertiary/aromatic N) is 1. The number of amides is 2. The van der Waals surface area contributed by atoms with E-state index in [0.717, 1.165) is 25.3 Å². The van der Waals surface area contributed by atoms with Gasteiger partial charge in [0, 0.05) is 31.4 Å². The van der Waals surface area contributed by atoms with Crippen LogP contribution < -0.4 is 10.6 Å². The van der Waals surface area contributed by atoms with Gasteiger partial charge in [-0.1, -0.05) is 18.2 Å². The number of halogens is 1. The second-order valence-corrected chi connectivity index (χ2v) is 4.04. The molecule has 94 valence electrons. The van der Waals surface area contributed by atoms with Gasteiger partial charge in [-0.05, 0) is 19.1 Å². The molecule has 0 unspecified atom stereocenters. The monoisotopic (exact) mass is 255 g/mol. The number of carbonyl (C=O) groups excluding carboxylic acids is 1. The molecule has 1 aromatic carbocycles. The molecule has 0 spiro atoms. The van der Waals surface area contributed by atoms with Crippen molar-refractivity contribution in [2.24, 2.45) is 0 Å². The van der Waals surface area contributed by atoms with Crippen molar-refractivity contribution in [2.45, 2.75) is 13.0 Å². The average Bonchev–Trinajstić information content (AvgIpc) is 2.31. The Morgan fingerprint density at radius 2 is 2.12 bits per heavy atom. The molecular weight excluding hydrogens is 238 g/mol. The van der Waals surface area contributed by atoms with Gasteiger partial charge in [0.15, 0.2) is 0 Å². The number of carbonyl (C=O) groups is 1. The maximum absolute atomic E-state index is 12.0. The Bertz CT molecular complexity index is 358. The Morgan fingerprint density at radius 1 is 1.41 bits per heavy atom. The van der Waals surface area contributed by atoms with Crippen LogP contribution in [0, 0.1) is 0 Å². The Kier molecular flexibility index (Phi) is 5.25. The zero-order chi connectivity index (χ0) is 11.4. The second-order valence-electron chi connectivity index (χ2n) is 4.04. The van der Waals surface area contributed by atoms with Crippen molar-refractivity contribution in [1.82, 2.24) is 10.2 Å². The summed E-state index contributed by atoms with van der Waals surface area (Å²) in [5.41, 5.74) is 0.846. The van der Waals surface area contributed by atoms with Gasteiger partial charge in [0.1, 0.15) is 0 Å². The van der Waals surface area contributed by atoms with Crippen molar-refractivity contribution < 1.29 is 4.79 Å². The number of para-hydroxylation sites is 1. The molecule has 0 saturated carbocycles. The predicted octanol–water partition coefficient (Wildman–Crippen LogP) is 1.93. The third kappa shape index (κ3) is 3.61. The largest absolute Gasteiger partial charge is 0.322 e. The molecule has 1 aliphatic rings. The first kappa shape index (κ1) is 13.8. The van der Waals surface area contributed by atoms with Crippen molar-refractivity contribution in [3.8, 4) is 0 Å². The van der Waals surface area contributed by atoms with E-state index < -0.39 is 0 Å². The van der Waals surface area contributed by atoms with Crippen LogP contribution in [0.5, 0.6) is 0 Å². The van der Waals surface area contributed by atoms with Crippen LogP contribution in [0.3, 0.4) is 0 Å². The van der Waals surface area contributed by atoms with E-state index >= 15 is 0 Å². The van der Waals surface area contributed by atoms with Gasteiger partial charge in [-0.3, -0.25) is 0 Å². The van der Waals surface area contributed by atoms with E-state index in [1.54, 1.807) is 0 Å². The molecule has 1 aromatic rings. The van der Waals surface area contributed by atoms with Crippen LogP contribution in [0.15, 0.2) is 30.3 Å². The highest BCUT2D eigenvalue weighted by Crippen LogP contribution is 2.09. The van der Waals surface area contributed by atoms with Crippen LogP contribution in [0.1, 0.15) is 6.92 Å². The van der Waals surface area contributed by atoms with Gasteiger partial charge in [0.05, 0.1) is 0 Å². The molecule has 0 aliphatic carbocycles. The molecule has 5 heteroatoms. The maximum atomic E-state index is 12.0. The highest BCUT2D eigenvalue weighted by Gasteiger charge is 2.22. The predicted molar refractivity (Wildman–Crippen MR) is 71.7 cm³/mol. The van der Waals surface area contributed by atoms with E-state index in [1.165, 1.54) is 0 Å². The summed E-state index contributed by atoms with van der Waals surface area (Å²) in [6.45, 7) is 4.55. The zero-order valence-electron chi connectivity index (χ0n) is 9.85. The number of benzene rings is 1. The van der Waals surface area contributed by atoms with Gasteiger partial charge in [-0.25, -0.2) is 4.79 Å². The topological polar surface area (TPSA) is 44.4 Å². The van der Waals surface area contributed by atoms with Crippen molar-refractivity contribution in [1.29, 1.82) is 0 Å². The highest BCUT2D eigenvalue weighted by atomic mass is 35.5. The smallest absolute Gasteiger partial charge is 0.319 e. The SMILES string of the molecule is C[C@H]1CNCCN1C(=O)Nc1ccccc1.Cl. The standard InChI is InChI=1S/C12H17N3O.ClH/c1-10-9-13-7-8-15(10)12(16)14-11-5-3-2-4-6-11;/h2-6,10,13H,7-9H2,1H3,(H,14,16);1H/t10-;/m0./s1. The number of rotatable bonds is 1. The van der Waals surface area contributed by atoms with Gasteiger partial charge in [-0.2, -0.15) is 0 Å². The molecule has 2 amide bonds. The lowest BCUT2D eigenvalue weighted by molar-refractivity contribution is 0.177. The first-order valence-corrected chi connectivity index (χ1v) is 5.61. The fourth-order valence-electron chi connectivity index (χ4n) is 1.86. The fourth-order valence-corrected chi connectivity index (χ4v) is 1.86. The van der Waals surface area contributed by atoms with Crippen LogP contribution in [-0.2, 0) is 0 Å². The fraction of sp³-hybridized carbons (Fsp3) is 0.417. The number of urea groups is 1. The van der Waals surface area contributed by atoms with Crippen molar-refractivity contribution in [3.63, 3.8) is 0 Å². The minimum atomic E-state index is -0.0137. The maximum Gasteiger partial charge on any atom is 0.322 e. The molecule has 1 saturated heterocycles. The second kappa shape index (κ2) is 6.47. The van der Waals surface area contributed by atoms with Crippen LogP contribution in [0.2, 0.25) is 0 Å². The average molecular weight is 256 g/mol. The molecular formula is C12H18ClN3O. The Balaban J connectivity index is 0.00000144. The van der Waals surface area contributed by atoms with Gasteiger partial charge < -0.3 is 15.5 Å². The van der Waals surface area contributed by atoms with Crippen molar-refractivity contribution in [2.75, 3.05) is 25.0 Å². The Hall–Kier alpha value is -1.26. The van der Waals surface area contributed by atoms with E-state index in [4.69, 9.17) is 0 Å². The Labute approximate surface area is 108 Å². The Morgan fingerprint density at radius 3 is 2.76 bits per heavy atom. The van der Waals surface area contributed by atoms with Crippen LogP contribution >= 0.6 is 12.4 Å². The summed E-state index contributed by atoms with van der Waals surface area (Å²) in [6.07, 6.45) is 0. The minimum Gasteiger partial charge on any atom is -0.319 e. The lowest BCUT2D eigenvalue weighted by atomic mass is 10.2. The molecule has 0 aromatic heterocycles.